The summed E-state index contributed by atoms with van der Waals surface area (Å²) < 4.78 is 6.92. The maximum atomic E-state index is 5.39. The van der Waals surface area contributed by atoms with Gasteiger partial charge >= 0.3 is 0 Å². The Balaban J connectivity index is 1.98. The summed E-state index contributed by atoms with van der Waals surface area (Å²) in [5.74, 6) is 6.92. The van der Waals surface area contributed by atoms with Crippen molar-refractivity contribution in [2.24, 2.45) is 5.84 Å². The highest BCUT2D eigenvalue weighted by Crippen LogP contribution is 2.29. The number of aromatic nitrogens is 5. The third-order valence-corrected chi connectivity index (χ3v) is 3.49. The van der Waals surface area contributed by atoms with Crippen molar-refractivity contribution in [2.45, 2.75) is 17.0 Å². The van der Waals surface area contributed by atoms with Gasteiger partial charge in [-0.15, -0.1) is 0 Å². The Bertz CT molecular complexity index is 709. The second-order valence-corrected chi connectivity index (χ2v) is 4.81. The first kappa shape index (κ1) is 12.6. The molecule has 0 saturated heterocycles. The summed E-state index contributed by atoms with van der Waals surface area (Å²) >= 11 is 1.38. The molecule has 0 aliphatic heterocycles. The molecule has 0 atom stereocenters. The summed E-state index contributed by atoms with van der Waals surface area (Å²) in [4.78, 5) is 17.7. The van der Waals surface area contributed by atoms with Crippen LogP contribution >= 0.6 is 11.8 Å². The zero-order valence-electron chi connectivity index (χ0n) is 10.5. The molecule has 20 heavy (non-hydrogen) atoms. The number of hydrazine groups is 1. The first-order valence-corrected chi connectivity index (χ1v) is 6.51. The molecule has 102 valence electrons. The van der Waals surface area contributed by atoms with Crippen molar-refractivity contribution >= 4 is 17.7 Å². The average Bonchev–Trinajstić information content (AvgIpc) is 3.11. The van der Waals surface area contributed by atoms with E-state index in [9.17, 15) is 0 Å². The Hall–Kier alpha value is -2.39. The van der Waals surface area contributed by atoms with Crippen LogP contribution in [0.5, 0.6) is 0 Å². The van der Waals surface area contributed by atoms with E-state index in [0.717, 1.165) is 10.7 Å². The number of furan rings is 1. The maximum Gasteiger partial charge on any atom is 0.242 e. The largest absolute Gasteiger partial charge is 0.468 e. The van der Waals surface area contributed by atoms with Crippen LogP contribution in [0.3, 0.4) is 0 Å². The Labute approximate surface area is 118 Å². The van der Waals surface area contributed by atoms with Gasteiger partial charge in [-0.1, -0.05) is 0 Å². The SMILES string of the molecule is Cc1occc1Sc1nc(NN)nc(-n2ccnc2)n1. The molecule has 3 rings (SSSR count). The van der Waals surface area contributed by atoms with E-state index in [0.29, 0.717) is 11.1 Å². The van der Waals surface area contributed by atoms with E-state index in [2.05, 4.69) is 25.4 Å². The fraction of sp³-hybridized carbons (Fsp3) is 0.0909. The van der Waals surface area contributed by atoms with Crippen LogP contribution in [0.1, 0.15) is 5.76 Å². The van der Waals surface area contributed by atoms with Gasteiger partial charge in [0.05, 0.1) is 11.2 Å². The number of nitrogens with zero attached hydrogens (tertiary/aromatic N) is 5. The Morgan fingerprint density at radius 1 is 1.35 bits per heavy atom. The molecule has 0 bridgehead atoms. The Morgan fingerprint density at radius 3 is 2.90 bits per heavy atom. The highest BCUT2D eigenvalue weighted by atomic mass is 32.2. The zero-order chi connectivity index (χ0) is 13.9. The van der Waals surface area contributed by atoms with Gasteiger partial charge in [0.15, 0.2) is 5.16 Å². The molecular weight excluding hydrogens is 278 g/mol. The lowest BCUT2D eigenvalue weighted by Crippen LogP contribution is -2.13. The molecule has 0 spiro atoms. The van der Waals surface area contributed by atoms with Crippen LogP contribution in [-0.2, 0) is 0 Å². The minimum absolute atomic E-state index is 0.285. The number of rotatable bonds is 4. The van der Waals surface area contributed by atoms with Gasteiger partial charge in [-0.3, -0.25) is 9.99 Å². The Kier molecular flexibility index (Phi) is 3.35. The summed E-state index contributed by atoms with van der Waals surface area (Å²) in [7, 11) is 0. The lowest BCUT2D eigenvalue weighted by atomic mass is 10.5. The van der Waals surface area contributed by atoms with E-state index in [1.54, 1.807) is 29.6 Å². The summed E-state index contributed by atoms with van der Waals surface area (Å²) in [5, 5.41) is 0.515. The quantitative estimate of drug-likeness (QED) is 0.548. The van der Waals surface area contributed by atoms with Crippen molar-refractivity contribution in [1.29, 1.82) is 0 Å². The van der Waals surface area contributed by atoms with Gasteiger partial charge in [0.2, 0.25) is 11.9 Å². The summed E-state index contributed by atoms with van der Waals surface area (Å²) in [6.45, 7) is 1.88. The third kappa shape index (κ3) is 2.49. The first-order valence-electron chi connectivity index (χ1n) is 5.69. The minimum atomic E-state index is 0.285. The van der Waals surface area contributed by atoms with Crippen molar-refractivity contribution in [3.05, 3.63) is 36.8 Å². The molecule has 3 N–H and O–H groups in total. The fourth-order valence-corrected chi connectivity index (χ4v) is 2.30. The molecule has 0 amide bonds. The molecule has 0 saturated carbocycles. The van der Waals surface area contributed by atoms with Gasteiger partial charge < -0.3 is 4.42 Å². The summed E-state index contributed by atoms with van der Waals surface area (Å²) in [6.07, 6.45) is 6.62. The van der Waals surface area contributed by atoms with E-state index < -0.39 is 0 Å². The highest BCUT2D eigenvalue weighted by Gasteiger charge is 2.11. The molecule has 0 aromatic carbocycles. The van der Waals surface area contributed by atoms with Crippen molar-refractivity contribution in [3.8, 4) is 5.95 Å². The van der Waals surface area contributed by atoms with Crippen LogP contribution in [0.4, 0.5) is 5.95 Å². The molecule has 0 aliphatic carbocycles. The Morgan fingerprint density at radius 2 is 2.25 bits per heavy atom. The van der Waals surface area contributed by atoms with E-state index in [1.807, 2.05) is 13.0 Å². The van der Waals surface area contributed by atoms with Gasteiger partial charge in [0.25, 0.3) is 0 Å². The van der Waals surface area contributed by atoms with Crippen LogP contribution in [0.15, 0.2) is 45.5 Å². The van der Waals surface area contributed by atoms with Crippen LogP contribution < -0.4 is 11.3 Å². The fourth-order valence-electron chi connectivity index (χ4n) is 1.53. The lowest BCUT2D eigenvalue weighted by molar-refractivity contribution is 0.527. The second-order valence-electron chi connectivity index (χ2n) is 3.80. The molecule has 0 aliphatic rings. The minimum Gasteiger partial charge on any atom is -0.468 e. The van der Waals surface area contributed by atoms with Crippen LogP contribution in [0.25, 0.3) is 5.95 Å². The molecule has 0 unspecified atom stereocenters. The van der Waals surface area contributed by atoms with Gasteiger partial charge in [0, 0.05) is 12.4 Å². The van der Waals surface area contributed by atoms with Crippen LogP contribution in [-0.4, -0.2) is 24.5 Å². The number of nitrogens with one attached hydrogen (secondary N) is 1. The van der Waals surface area contributed by atoms with E-state index in [1.165, 1.54) is 11.8 Å². The van der Waals surface area contributed by atoms with Gasteiger partial charge in [0.1, 0.15) is 12.1 Å². The molecule has 0 fully saturated rings. The number of nitrogen functional groups attached to an aromatic ring is 1. The monoisotopic (exact) mass is 289 g/mol. The van der Waals surface area contributed by atoms with Gasteiger partial charge in [-0.2, -0.15) is 15.0 Å². The van der Waals surface area contributed by atoms with Crippen molar-refractivity contribution in [3.63, 3.8) is 0 Å². The zero-order valence-corrected chi connectivity index (χ0v) is 11.3. The van der Waals surface area contributed by atoms with Crippen LogP contribution in [0, 0.1) is 6.92 Å². The second kappa shape index (κ2) is 5.31. The molecule has 0 radical (unpaired) electrons. The smallest absolute Gasteiger partial charge is 0.242 e. The number of hydrogen-bond donors (Lipinski definition) is 2. The van der Waals surface area contributed by atoms with E-state index in [4.69, 9.17) is 10.3 Å². The van der Waals surface area contributed by atoms with Gasteiger partial charge in [-0.25, -0.2) is 10.8 Å². The van der Waals surface area contributed by atoms with Crippen LogP contribution in [0.2, 0.25) is 0 Å². The third-order valence-electron chi connectivity index (χ3n) is 2.48. The maximum absolute atomic E-state index is 5.39. The topological polar surface area (TPSA) is 108 Å². The normalized spacial score (nSPS) is 10.7. The highest BCUT2D eigenvalue weighted by molar-refractivity contribution is 7.99. The van der Waals surface area contributed by atoms with E-state index in [-0.39, 0.29) is 5.95 Å². The molecule has 8 nitrogen and oxygen atoms in total. The molecule has 3 aromatic heterocycles. The molecule has 3 heterocycles. The average molecular weight is 289 g/mol. The number of anilines is 1. The first-order chi connectivity index (χ1) is 9.76. The number of hydrogen-bond acceptors (Lipinski definition) is 8. The number of imidazole rings is 1. The van der Waals surface area contributed by atoms with Gasteiger partial charge in [-0.05, 0) is 24.8 Å². The lowest BCUT2D eigenvalue weighted by Gasteiger charge is -2.06. The number of aryl methyl sites for hydroxylation is 1. The predicted octanol–water partition coefficient (Wildman–Crippen LogP) is 1.40. The van der Waals surface area contributed by atoms with Crippen molar-refractivity contribution < 1.29 is 4.42 Å². The van der Waals surface area contributed by atoms with Crippen molar-refractivity contribution in [2.75, 3.05) is 5.43 Å². The molecule has 3 aromatic rings. The molecule has 9 heteroatoms. The van der Waals surface area contributed by atoms with E-state index >= 15 is 0 Å². The number of nitrogens with two attached hydrogens (primary N) is 1. The molecular formula is C11H11N7OS. The standard InChI is InChI=1S/C11H11N7OS/c1-7-8(2-5-19-7)20-11-15-9(17-12)14-10(16-11)18-4-3-13-6-18/h2-6H,12H2,1H3,(H,14,15,16,17). The van der Waals surface area contributed by atoms with Crippen molar-refractivity contribution in [1.82, 2.24) is 24.5 Å². The summed E-state index contributed by atoms with van der Waals surface area (Å²) in [5.41, 5.74) is 2.43. The summed E-state index contributed by atoms with van der Waals surface area (Å²) in [6, 6.07) is 1.86. The predicted molar refractivity (Wildman–Crippen MR) is 72.3 cm³/mol.